The highest BCUT2D eigenvalue weighted by molar-refractivity contribution is 7.09. The van der Waals surface area contributed by atoms with Gasteiger partial charge in [0.1, 0.15) is 10.8 Å². The van der Waals surface area contributed by atoms with E-state index in [1.165, 1.54) is 54.0 Å². The molecule has 1 aromatic heterocycles. The lowest BCUT2D eigenvalue weighted by Crippen LogP contribution is -2.28. The molecule has 1 aliphatic rings. The summed E-state index contributed by atoms with van der Waals surface area (Å²) in [7, 11) is 0. The van der Waals surface area contributed by atoms with Crippen LogP contribution >= 0.6 is 11.3 Å². The third-order valence-electron chi connectivity index (χ3n) is 4.46. The molecule has 2 heterocycles. The molecule has 23 heavy (non-hydrogen) atoms. The predicted octanol–water partition coefficient (Wildman–Crippen LogP) is 4.81. The number of hydrogen-bond donors (Lipinski definition) is 0. The van der Waals surface area contributed by atoms with Gasteiger partial charge in [-0.2, -0.15) is 0 Å². The van der Waals surface area contributed by atoms with E-state index in [9.17, 15) is 0 Å². The molecule has 1 saturated heterocycles. The highest BCUT2D eigenvalue weighted by Gasteiger charge is 2.14. The molecule has 0 atom stereocenters. The minimum atomic E-state index is 0.705. The average Bonchev–Trinajstić information content (AvgIpc) is 3.00. The van der Waals surface area contributed by atoms with Gasteiger partial charge in [0.2, 0.25) is 0 Å². The summed E-state index contributed by atoms with van der Waals surface area (Å²) in [5.41, 5.74) is 4.74. The quantitative estimate of drug-likeness (QED) is 0.786. The fourth-order valence-corrected chi connectivity index (χ4v) is 4.03. The Hall–Kier alpha value is -1.39. The van der Waals surface area contributed by atoms with E-state index in [-0.39, 0.29) is 0 Å². The van der Waals surface area contributed by atoms with E-state index < -0.39 is 0 Å². The highest BCUT2D eigenvalue weighted by atomic mass is 32.1. The number of hydrogen-bond acceptors (Lipinski definition) is 4. The Morgan fingerprint density at radius 3 is 2.65 bits per heavy atom. The van der Waals surface area contributed by atoms with Crippen LogP contribution in [0.15, 0.2) is 17.5 Å². The maximum atomic E-state index is 5.69. The number of likely N-dealkylation sites (tertiary alicyclic amines) is 1. The number of aryl methyl sites for hydroxylation is 2. The summed E-state index contributed by atoms with van der Waals surface area (Å²) in [5, 5.41) is 3.43. The summed E-state index contributed by atoms with van der Waals surface area (Å²) in [6.45, 7) is 10.4. The monoisotopic (exact) mass is 330 g/mol. The Kier molecular flexibility index (Phi) is 5.34. The first-order valence-electron chi connectivity index (χ1n) is 8.58. The third-order valence-corrected chi connectivity index (χ3v) is 5.29. The summed E-state index contributed by atoms with van der Waals surface area (Å²) in [4.78, 5) is 7.42. The first-order chi connectivity index (χ1) is 11.2. The second kappa shape index (κ2) is 7.45. The van der Waals surface area contributed by atoms with Gasteiger partial charge in [-0.05, 0) is 70.0 Å². The first kappa shape index (κ1) is 16.5. The lowest BCUT2D eigenvalue weighted by Gasteiger charge is -2.25. The molecule has 4 heteroatoms. The molecule has 0 N–H and O–H groups in total. The van der Waals surface area contributed by atoms with Crippen LogP contribution in [0.1, 0.15) is 42.3 Å². The fraction of sp³-hybridized carbons (Fsp3) is 0.526. The van der Waals surface area contributed by atoms with Crippen molar-refractivity contribution in [2.45, 2.75) is 46.6 Å². The lowest BCUT2D eigenvalue weighted by molar-refractivity contribution is 0.220. The molecule has 0 unspecified atom stereocenters. The van der Waals surface area contributed by atoms with Gasteiger partial charge in [-0.3, -0.25) is 4.90 Å². The first-order valence-corrected chi connectivity index (χ1v) is 9.46. The van der Waals surface area contributed by atoms with Crippen molar-refractivity contribution in [3.05, 3.63) is 33.6 Å². The zero-order valence-corrected chi connectivity index (χ0v) is 15.2. The number of nitrogens with zero attached hydrogens (tertiary/aromatic N) is 2. The Balaban J connectivity index is 1.78. The predicted molar refractivity (Wildman–Crippen MR) is 97.3 cm³/mol. The molecule has 0 bridgehead atoms. The van der Waals surface area contributed by atoms with Crippen LogP contribution in [-0.2, 0) is 6.54 Å². The van der Waals surface area contributed by atoms with Crippen LogP contribution < -0.4 is 4.74 Å². The van der Waals surface area contributed by atoms with Gasteiger partial charge in [-0.1, -0.05) is 6.42 Å². The van der Waals surface area contributed by atoms with Gasteiger partial charge in [0, 0.05) is 10.9 Å². The largest absolute Gasteiger partial charge is 0.494 e. The summed E-state index contributed by atoms with van der Waals surface area (Å²) in [6, 6.07) is 4.35. The molecule has 2 aromatic rings. The normalized spacial score (nSPS) is 15.8. The van der Waals surface area contributed by atoms with E-state index in [2.05, 4.69) is 36.3 Å². The number of thiazole rings is 1. The van der Waals surface area contributed by atoms with Crippen molar-refractivity contribution >= 4 is 11.3 Å². The van der Waals surface area contributed by atoms with E-state index in [0.29, 0.717) is 6.61 Å². The van der Waals surface area contributed by atoms with Gasteiger partial charge < -0.3 is 4.74 Å². The summed E-state index contributed by atoms with van der Waals surface area (Å²) in [5.74, 6) is 0.984. The fourth-order valence-electron chi connectivity index (χ4n) is 3.19. The number of piperidine rings is 1. The minimum Gasteiger partial charge on any atom is -0.494 e. The van der Waals surface area contributed by atoms with Gasteiger partial charge in [0.05, 0.1) is 18.8 Å². The van der Waals surface area contributed by atoms with E-state index in [0.717, 1.165) is 18.0 Å². The average molecular weight is 330 g/mol. The SMILES string of the molecule is CCOc1cc(C)c(-c2csc(CN3CCCCC3)n2)cc1C. The number of benzene rings is 1. The Labute approximate surface area is 143 Å². The van der Waals surface area contributed by atoms with E-state index >= 15 is 0 Å². The van der Waals surface area contributed by atoms with Gasteiger partial charge in [0.25, 0.3) is 0 Å². The smallest absolute Gasteiger partial charge is 0.122 e. The van der Waals surface area contributed by atoms with Crippen molar-refractivity contribution in [1.82, 2.24) is 9.88 Å². The topological polar surface area (TPSA) is 25.4 Å². The van der Waals surface area contributed by atoms with Crippen molar-refractivity contribution in [3.63, 3.8) is 0 Å². The van der Waals surface area contributed by atoms with Crippen molar-refractivity contribution in [2.75, 3.05) is 19.7 Å². The van der Waals surface area contributed by atoms with E-state index in [1.807, 2.05) is 6.92 Å². The third kappa shape index (κ3) is 3.93. The molecule has 0 aliphatic carbocycles. The Bertz CT molecular complexity index is 659. The molecule has 1 aromatic carbocycles. The molecular weight excluding hydrogens is 304 g/mol. The number of aromatic nitrogens is 1. The zero-order valence-electron chi connectivity index (χ0n) is 14.4. The molecule has 3 rings (SSSR count). The summed E-state index contributed by atoms with van der Waals surface area (Å²) in [6.07, 6.45) is 4.04. The molecule has 0 radical (unpaired) electrons. The van der Waals surface area contributed by atoms with Crippen LogP contribution in [0.3, 0.4) is 0 Å². The molecular formula is C19H26N2OS. The molecule has 1 aliphatic heterocycles. The molecule has 124 valence electrons. The second-order valence-corrected chi connectivity index (χ2v) is 7.27. The van der Waals surface area contributed by atoms with Crippen LogP contribution in [0, 0.1) is 13.8 Å². The van der Waals surface area contributed by atoms with Crippen molar-refractivity contribution in [3.8, 4) is 17.0 Å². The maximum Gasteiger partial charge on any atom is 0.122 e. The van der Waals surface area contributed by atoms with E-state index in [1.54, 1.807) is 11.3 Å². The second-order valence-electron chi connectivity index (χ2n) is 6.33. The van der Waals surface area contributed by atoms with Gasteiger partial charge >= 0.3 is 0 Å². The molecule has 0 spiro atoms. The Morgan fingerprint density at radius 1 is 1.13 bits per heavy atom. The minimum absolute atomic E-state index is 0.705. The maximum absolute atomic E-state index is 5.69. The number of rotatable bonds is 5. The zero-order chi connectivity index (χ0) is 16.2. The summed E-state index contributed by atoms with van der Waals surface area (Å²) >= 11 is 1.78. The standard InChI is InChI=1S/C19H26N2OS/c1-4-22-18-11-14(2)16(10-15(18)3)17-13-23-19(20-17)12-21-8-6-5-7-9-21/h10-11,13H,4-9,12H2,1-3H3. The van der Waals surface area contributed by atoms with E-state index in [4.69, 9.17) is 9.72 Å². The molecule has 1 fully saturated rings. The lowest BCUT2D eigenvalue weighted by atomic mass is 10.0. The Morgan fingerprint density at radius 2 is 1.91 bits per heavy atom. The summed E-state index contributed by atoms with van der Waals surface area (Å²) < 4.78 is 5.69. The van der Waals surface area contributed by atoms with Crippen LogP contribution in [0.25, 0.3) is 11.3 Å². The van der Waals surface area contributed by atoms with Crippen molar-refractivity contribution < 1.29 is 4.74 Å². The molecule has 0 amide bonds. The van der Waals surface area contributed by atoms with Crippen molar-refractivity contribution in [2.24, 2.45) is 0 Å². The van der Waals surface area contributed by atoms with Gasteiger partial charge in [-0.15, -0.1) is 11.3 Å². The molecule has 0 saturated carbocycles. The number of ether oxygens (including phenoxy) is 1. The molecule has 3 nitrogen and oxygen atoms in total. The van der Waals surface area contributed by atoms with Crippen LogP contribution in [0.2, 0.25) is 0 Å². The van der Waals surface area contributed by atoms with Crippen molar-refractivity contribution in [1.29, 1.82) is 0 Å². The highest BCUT2D eigenvalue weighted by Crippen LogP contribution is 2.31. The van der Waals surface area contributed by atoms with Gasteiger partial charge in [-0.25, -0.2) is 4.98 Å². The van der Waals surface area contributed by atoms with Crippen LogP contribution in [-0.4, -0.2) is 29.6 Å². The van der Waals surface area contributed by atoms with Gasteiger partial charge in [0.15, 0.2) is 0 Å². The van der Waals surface area contributed by atoms with Crippen LogP contribution in [0.5, 0.6) is 5.75 Å². The van der Waals surface area contributed by atoms with Crippen LogP contribution in [0.4, 0.5) is 0 Å².